The maximum absolute atomic E-state index is 9.54. The molecule has 0 fully saturated rings. The summed E-state index contributed by atoms with van der Waals surface area (Å²) in [5.41, 5.74) is 7.16. The van der Waals surface area contributed by atoms with Crippen molar-refractivity contribution in [3.63, 3.8) is 0 Å². The van der Waals surface area contributed by atoms with Gasteiger partial charge in [-0.05, 0) is 29.3 Å². The summed E-state index contributed by atoms with van der Waals surface area (Å²) in [6.07, 6.45) is 0.684. The molecule has 2 atom stereocenters. The molecule has 0 saturated heterocycles. The van der Waals surface area contributed by atoms with Crippen molar-refractivity contribution in [1.29, 1.82) is 0 Å². The zero-order valence-corrected chi connectivity index (χ0v) is 11.2. The second-order valence-electron chi connectivity index (χ2n) is 4.75. The average molecular weight is 258 g/mol. The first-order chi connectivity index (χ1) is 9.22. The van der Waals surface area contributed by atoms with Gasteiger partial charge in [0.15, 0.2) is 0 Å². The lowest BCUT2D eigenvalue weighted by atomic mass is 10.1. The van der Waals surface area contributed by atoms with Crippen LogP contribution in [0.4, 0.5) is 0 Å². The highest BCUT2D eigenvalue weighted by molar-refractivity contribution is 5.83. The van der Waals surface area contributed by atoms with Crippen LogP contribution in [0.15, 0.2) is 42.5 Å². The highest BCUT2D eigenvalue weighted by Crippen LogP contribution is 2.22. The Morgan fingerprint density at radius 3 is 2.58 bits per heavy atom. The van der Waals surface area contributed by atoms with E-state index < -0.39 is 6.10 Å². The summed E-state index contributed by atoms with van der Waals surface area (Å²) in [6, 6.07) is 14.2. The second kappa shape index (κ2) is 6.55. The minimum absolute atomic E-state index is 0.0254. The first-order valence-corrected chi connectivity index (χ1v) is 6.71. The number of ether oxygens (including phenoxy) is 1. The molecule has 0 bridgehead atoms. The number of hydrogen-bond acceptors (Lipinski definition) is 2. The molecule has 0 heterocycles. The lowest BCUT2D eigenvalue weighted by Gasteiger charge is -2.20. The van der Waals surface area contributed by atoms with Crippen LogP contribution in [0.25, 0.3) is 10.8 Å². The molecule has 2 unspecified atom stereocenters. The Bertz CT molecular complexity index is 527. The number of hydrogen-bond donors (Lipinski definition) is 1. The van der Waals surface area contributed by atoms with Crippen molar-refractivity contribution in [2.24, 2.45) is 0 Å². The Hall–Kier alpha value is -1.58. The summed E-state index contributed by atoms with van der Waals surface area (Å²) in [6.45, 7) is 2.06. The summed E-state index contributed by atoms with van der Waals surface area (Å²) >= 11 is 0. The number of nitrogens with one attached hydrogen (secondary N) is 1. The van der Waals surface area contributed by atoms with Crippen LogP contribution in [0, 0.1) is 0 Å². The van der Waals surface area contributed by atoms with E-state index in [4.69, 9.17) is 10.5 Å². The summed E-state index contributed by atoms with van der Waals surface area (Å²) in [4.78, 5) is 0. The van der Waals surface area contributed by atoms with E-state index in [-0.39, 0.29) is 12.6 Å². The van der Waals surface area contributed by atoms with Crippen molar-refractivity contribution in [1.82, 2.24) is 5.73 Å². The molecule has 0 aliphatic carbocycles. The summed E-state index contributed by atoms with van der Waals surface area (Å²) in [7, 11) is 0. The van der Waals surface area contributed by atoms with Gasteiger partial charge in [0.25, 0.3) is 0 Å². The van der Waals surface area contributed by atoms with E-state index in [9.17, 15) is 5.11 Å². The first kappa shape index (κ1) is 13.8. The van der Waals surface area contributed by atoms with Crippen LogP contribution in [0.3, 0.4) is 0 Å². The predicted octanol–water partition coefficient (Wildman–Crippen LogP) is 3.03. The third-order valence-electron chi connectivity index (χ3n) is 3.25. The fourth-order valence-corrected chi connectivity index (χ4v) is 2.12. The molecular weight excluding hydrogens is 238 g/mol. The number of benzene rings is 2. The van der Waals surface area contributed by atoms with Crippen molar-refractivity contribution in [3.05, 3.63) is 42.5 Å². The lowest BCUT2D eigenvalue weighted by Crippen LogP contribution is -2.25. The zero-order chi connectivity index (χ0) is 13.7. The fourth-order valence-electron chi connectivity index (χ4n) is 2.12. The maximum atomic E-state index is 9.54. The van der Waals surface area contributed by atoms with Crippen molar-refractivity contribution in [2.75, 3.05) is 6.54 Å². The number of fused-ring (bicyclic) bond motifs is 1. The Labute approximate surface area is 114 Å². The van der Waals surface area contributed by atoms with E-state index in [1.807, 2.05) is 37.3 Å². The van der Waals surface area contributed by atoms with Gasteiger partial charge in [-0.25, -0.2) is 0 Å². The molecule has 101 valence electrons. The maximum Gasteiger partial charge on any atom is 0.120 e. The third-order valence-corrected chi connectivity index (χ3v) is 3.25. The van der Waals surface area contributed by atoms with E-state index >= 15 is 0 Å². The largest absolute Gasteiger partial charge is 0.490 e. The van der Waals surface area contributed by atoms with Crippen molar-refractivity contribution >= 4 is 10.8 Å². The molecule has 0 aliphatic rings. The van der Waals surface area contributed by atoms with Gasteiger partial charge < -0.3 is 9.84 Å². The molecule has 0 amide bonds. The normalized spacial score (nSPS) is 14.3. The third kappa shape index (κ3) is 3.69. The number of aliphatic hydroxyl groups excluding tert-OH is 1. The molecule has 0 aliphatic heterocycles. The number of aliphatic hydroxyl groups is 1. The molecule has 19 heavy (non-hydrogen) atoms. The van der Waals surface area contributed by atoms with Crippen LogP contribution in [0.2, 0.25) is 0 Å². The molecule has 2 aromatic carbocycles. The Kier molecular flexibility index (Phi) is 4.77. The van der Waals surface area contributed by atoms with Crippen molar-refractivity contribution in [2.45, 2.75) is 32.0 Å². The van der Waals surface area contributed by atoms with Crippen LogP contribution in [-0.4, -0.2) is 23.9 Å². The highest BCUT2D eigenvalue weighted by Gasteiger charge is 2.13. The Balaban J connectivity index is 2.10. The van der Waals surface area contributed by atoms with Crippen molar-refractivity contribution in [3.8, 4) is 5.75 Å². The monoisotopic (exact) mass is 258 g/mol. The number of rotatable bonds is 6. The SMILES string of the molecule is CCC(CC(O)C[NH])Oc1ccc2ccccc2c1. The van der Waals surface area contributed by atoms with Gasteiger partial charge in [-0.2, -0.15) is 0 Å². The quantitative estimate of drug-likeness (QED) is 0.865. The molecule has 3 heteroatoms. The van der Waals surface area contributed by atoms with Gasteiger partial charge in [-0.1, -0.05) is 37.3 Å². The molecule has 1 radical (unpaired) electrons. The van der Waals surface area contributed by atoms with E-state index in [0.29, 0.717) is 6.42 Å². The second-order valence-corrected chi connectivity index (χ2v) is 4.75. The Morgan fingerprint density at radius 1 is 1.16 bits per heavy atom. The average Bonchev–Trinajstić information content (AvgIpc) is 2.46. The molecule has 2 aromatic rings. The Morgan fingerprint density at radius 2 is 1.89 bits per heavy atom. The molecule has 3 nitrogen and oxygen atoms in total. The van der Waals surface area contributed by atoms with E-state index in [0.717, 1.165) is 17.6 Å². The van der Waals surface area contributed by atoms with Gasteiger partial charge in [0, 0.05) is 13.0 Å². The van der Waals surface area contributed by atoms with Crippen molar-refractivity contribution < 1.29 is 9.84 Å². The molecular formula is C16H20NO2. The van der Waals surface area contributed by atoms with Gasteiger partial charge in [-0.3, -0.25) is 5.73 Å². The molecule has 2 rings (SSSR count). The molecule has 0 saturated carbocycles. The van der Waals surface area contributed by atoms with Gasteiger partial charge in [-0.15, -0.1) is 0 Å². The minimum atomic E-state index is -0.606. The van der Waals surface area contributed by atoms with Crippen LogP contribution >= 0.6 is 0 Å². The smallest absolute Gasteiger partial charge is 0.120 e. The van der Waals surface area contributed by atoms with Gasteiger partial charge >= 0.3 is 0 Å². The van der Waals surface area contributed by atoms with Gasteiger partial charge in [0.05, 0.1) is 6.10 Å². The molecule has 0 aromatic heterocycles. The van der Waals surface area contributed by atoms with Crippen LogP contribution in [-0.2, 0) is 0 Å². The molecule has 0 spiro atoms. The van der Waals surface area contributed by atoms with Crippen LogP contribution in [0.1, 0.15) is 19.8 Å². The minimum Gasteiger partial charge on any atom is -0.490 e. The zero-order valence-electron chi connectivity index (χ0n) is 11.2. The van der Waals surface area contributed by atoms with Crippen LogP contribution < -0.4 is 10.5 Å². The van der Waals surface area contributed by atoms with Crippen LogP contribution in [0.5, 0.6) is 5.75 Å². The van der Waals surface area contributed by atoms with Gasteiger partial charge in [0.1, 0.15) is 11.9 Å². The predicted molar refractivity (Wildman–Crippen MR) is 77.2 cm³/mol. The van der Waals surface area contributed by atoms with Gasteiger partial charge in [0.2, 0.25) is 0 Å². The van der Waals surface area contributed by atoms with E-state index in [2.05, 4.69) is 12.1 Å². The van der Waals surface area contributed by atoms with E-state index in [1.165, 1.54) is 5.39 Å². The summed E-state index contributed by atoms with van der Waals surface area (Å²) in [5.74, 6) is 0.822. The first-order valence-electron chi connectivity index (χ1n) is 6.71. The topological polar surface area (TPSA) is 53.3 Å². The summed E-state index contributed by atoms with van der Waals surface area (Å²) in [5, 5.41) is 11.9. The lowest BCUT2D eigenvalue weighted by molar-refractivity contribution is 0.0963. The highest BCUT2D eigenvalue weighted by atomic mass is 16.5. The summed E-state index contributed by atoms with van der Waals surface area (Å²) < 4.78 is 5.90. The standard InChI is InChI=1S/C16H20NO2/c1-2-15(10-14(18)11-17)19-16-8-7-12-5-3-4-6-13(12)9-16/h3-9,14-15,17-18H,2,10-11H2,1H3. The molecule has 2 N–H and O–H groups in total. The van der Waals surface area contributed by atoms with E-state index in [1.54, 1.807) is 0 Å². The fraction of sp³-hybridized carbons (Fsp3) is 0.375.